The number of rotatable bonds is 3. The number of methoxy groups -OCH3 is 1. The minimum Gasteiger partial charge on any atom is -0.462 e. The number of esters is 2. The smallest absolute Gasteiger partial charge is 0.320 e. The zero-order chi connectivity index (χ0) is 23.2. The van der Waals surface area contributed by atoms with E-state index in [1.54, 1.807) is 0 Å². The molecule has 0 radical (unpaired) electrons. The van der Waals surface area contributed by atoms with Gasteiger partial charge in [-0.05, 0) is 18.8 Å². The molecule has 0 aromatic rings. The summed E-state index contributed by atoms with van der Waals surface area (Å²) in [5, 5.41) is 22.4. The van der Waals surface area contributed by atoms with Gasteiger partial charge in [0, 0.05) is 49.0 Å². The Balaban J connectivity index is 1.66. The summed E-state index contributed by atoms with van der Waals surface area (Å²) in [6.45, 7) is 5.36. The fourth-order valence-corrected chi connectivity index (χ4v) is 8.25. The highest BCUT2D eigenvalue weighted by molar-refractivity contribution is 6.08. The normalized spacial score (nSPS) is 50.8. The van der Waals surface area contributed by atoms with Gasteiger partial charge in [0.05, 0.1) is 19.3 Å². The van der Waals surface area contributed by atoms with E-state index in [0.29, 0.717) is 12.8 Å². The van der Waals surface area contributed by atoms with Crippen molar-refractivity contribution in [3.05, 3.63) is 0 Å². The molecule has 2 spiro atoms. The van der Waals surface area contributed by atoms with Crippen molar-refractivity contribution in [2.24, 2.45) is 39.9 Å². The lowest BCUT2D eigenvalue weighted by Crippen LogP contribution is -2.73. The van der Waals surface area contributed by atoms with Gasteiger partial charge in [-0.2, -0.15) is 0 Å². The van der Waals surface area contributed by atoms with Gasteiger partial charge in [0.1, 0.15) is 17.6 Å². The van der Waals surface area contributed by atoms with E-state index in [1.807, 2.05) is 13.8 Å². The fourth-order valence-electron chi connectivity index (χ4n) is 8.25. The summed E-state index contributed by atoms with van der Waals surface area (Å²) in [5.74, 6) is -3.30. The first-order valence-electron chi connectivity index (χ1n) is 11.4. The SMILES string of the molecule is COCC1C(=O)C23CC1CC(O)C2C12COC(O)C1C(C)(C)C(OC(C)=O)CC2OC3=O. The molecule has 0 amide bonds. The molecule has 9 heteroatoms. The predicted octanol–water partition coefficient (Wildman–Crippen LogP) is 0.443. The van der Waals surface area contributed by atoms with Crippen LogP contribution in [-0.4, -0.2) is 72.9 Å². The summed E-state index contributed by atoms with van der Waals surface area (Å²) in [5.41, 5.74) is -3.18. The predicted molar refractivity (Wildman–Crippen MR) is 107 cm³/mol. The average molecular weight is 453 g/mol. The van der Waals surface area contributed by atoms with Gasteiger partial charge in [0.15, 0.2) is 12.1 Å². The van der Waals surface area contributed by atoms with Crippen molar-refractivity contribution in [2.45, 2.75) is 64.6 Å². The van der Waals surface area contributed by atoms with Crippen molar-refractivity contribution in [3.8, 4) is 0 Å². The molecule has 5 fully saturated rings. The fraction of sp³-hybridized carbons (Fsp3) is 0.870. The Morgan fingerprint density at radius 2 is 1.91 bits per heavy atom. The number of hydrogen-bond acceptors (Lipinski definition) is 9. The first-order valence-corrected chi connectivity index (χ1v) is 11.4. The molecular formula is C23H32O9. The van der Waals surface area contributed by atoms with Crippen molar-refractivity contribution in [2.75, 3.05) is 20.3 Å². The van der Waals surface area contributed by atoms with E-state index in [1.165, 1.54) is 14.0 Å². The van der Waals surface area contributed by atoms with Crippen molar-refractivity contribution in [1.82, 2.24) is 0 Å². The van der Waals surface area contributed by atoms with Crippen LogP contribution < -0.4 is 0 Å². The van der Waals surface area contributed by atoms with Crippen LogP contribution in [0.4, 0.5) is 0 Å². The van der Waals surface area contributed by atoms with Crippen LogP contribution in [0, 0.1) is 39.9 Å². The molecular weight excluding hydrogens is 420 g/mol. The van der Waals surface area contributed by atoms with Crippen molar-refractivity contribution < 1.29 is 43.5 Å². The largest absolute Gasteiger partial charge is 0.462 e. The first kappa shape index (κ1) is 22.3. The molecule has 5 aliphatic rings. The van der Waals surface area contributed by atoms with Gasteiger partial charge in [-0.15, -0.1) is 0 Å². The van der Waals surface area contributed by atoms with Crippen LogP contribution in [0.3, 0.4) is 0 Å². The maximum absolute atomic E-state index is 13.7. The van der Waals surface area contributed by atoms with Crippen molar-refractivity contribution in [3.63, 3.8) is 0 Å². The van der Waals surface area contributed by atoms with Gasteiger partial charge in [0.2, 0.25) is 0 Å². The molecule has 2 bridgehead atoms. The number of ketones is 1. The van der Waals surface area contributed by atoms with Crippen LogP contribution >= 0.6 is 0 Å². The van der Waals surface area contributed by atoms with E-state index in [0.717, 1.165) is 0 Å². The quantitative estimate of drug-likeness (QED) is 0.463. The maximum atomic E-state index is 13.7. The summed E-state index contributed by atoms with van der Waals surface area (Å²) in [6, 6.07) is 0. The average Bonchev–Trinajstić information content (AvgIpc) is 3.15. The Hall–Kier alpha value is -1.55. The molecule has 9 nitrogen and oxygen atoms in total. The topological polar surface area (TPSA) is 129 Å². The molecule has 2 N–H and O–H groups in total. The second-order valence-electron chi connectivity index (χ2n) is 11.0. The lowest BCUT2D eigenvalue weighted by Gasteiger charge is -2.63. The van der Waals surface area contributed by atoms with E-state index in [2.05, 4.69) is 0 Å². The number of carbonyl (C=O) groups excluding carboxylic acids is 3. The minimum absolute atomic E-state index is 0.0589. The minimum atomic E-state index is -1.47. The number of ether oxygens (including phenoxy) is 4. The summed E-state index contributed by atoms with van der Waals surface area (Å²) in [6.07, 6.45) is -2.57. The molecule has 32 heavy (non-hydrogen) atoms. The van der Waals surface area contributed by atoms with Crippen molar-refractivity contribution in [1.29, 1.82) is 0 Å². The van der Waals surface area contributed by atoms with E-state index >= 15 is 0 Å². The Bertz CT molecular complexity index is 854. The van der Waals surface area contributed by atoms with E-state index in [4.69, 9.17) is 18.9 Å². The van der Waals surface area contributed by atoms with Gasteiger partial charge in [0.25, 0.3) is 0 Å². The summed E-state index contributed by atoms with van der Waals surface area (Å²) in [7, 11) is 1.52. The second kappa shape index (κ2) is 6.98. The Kier molecular flexibility index (Phi) is 4.85. The van der Waals surface area contributed by atoms with Crippen LogP contribution in [0.25, 0.3) is 0 Å². The molecule has 2 heterocycles. The lowest BCUT2D eigenvalue weighted by molar-refractivity contribution is -0.269. The van der Waals surface area contributed by atoms with Gasteiger partial charge in [-0.3, -0.25) is 14.4 Å². The van der Waals surface area contributed by atoms with Crippen LogP contribution in [-0.2, 0) is 33.3 Å². The lowest BCUT2D eigenvalue weighted by atomic mass is 9.43. The van der Waals surface area contributed by atoms with E-state index in [9.17, 15) is 24.6 Å². The van der Waals surface area contributed by atoms with Gasteiger partial charge >= 0.3 is 11.9 Å². The molecule has 3 saturated carbocycles. The Labute approximate surface area is 186 Å². The van der Waals surface area contributed by atoms with E-state index in [-0.39, 0.29) is 31.3 Å². The third-order valence-electron chi connectivity index (χ3n) is 9.26. The van der Waals surface area contributed by atoms with Gasteiger partial charge in [-0.25, -0.2) is 0 Å². The molecule has 178 valence electrons. The molecule has 10 atom stereocenters. The summed E-state index contributed by atoms with van der Waals surface area (Å²) < 4.78 is 22.6. The van der Waals surface area contributed by atoms with Gasteiger partial charge < -0.3 is 29.2 Å². The number of aliphatic hydroxyl groups is 2. The highest BCUT2D eigenvalue weighted by atomic mass is 16.6. The molecule has 10 unspecified atom stereocenters. The molecule has 2 aliphatic heterocycles. The third kappa shape index (κ3) is 2.51. The molecule has 3 aliphatic carbocycles. The maximum Gasteiger partial charge on any atom is 0.320 e. The Morgan fingerprint density at radius 1 is 1.19 bits per heavy atom. The Morgan fingerprint density at radius 3 is 2.56 bits per heavy atom. The van der Waals surface area contributed by atoms with Crippen LogP contribution in [0.15, 0.2) is 0 Å². The van der Waals surface area contributed by atoms with Crippen LogP contribution in [0.2, 0.25) is 0 Å². The monoisotopic (exact) mass is 452 g/mol. The first-order chi connectivity index (χ1) is 15.0. The highest BCUT2D eigenvalue weighted by Crippen LogP contribution is 2.71. The highest BCUT2D eigenvalue weighted by Gasteiger charge is 2.81. The number of hydrogen-bond donors (Lipinski definition) is 2. The van der Waals surface area contributed by atoms with Crippen LogP contribution in [0.5, 0.6) is 0 Å². The molecule has 2 saturated heterocycles. The number of carbonyl (C=O) groups is 3. The molecule has 0 aromatic carbocycles. The second-order valence-corrected chi connectivity index (χ2v) is 11.0. The molecule has 5 rings (SSSR count). The number of fused-ring (bicyclic) bond motifs is 1. The number of aliphatic hydroxyl groups excluding tert-OH is 2. The molecule has 0 aromatic heterocycles. The van der Waals surface area contributed by atoms with Gasteiger partial charge in [-0.1, -0.05) is 13.8 Å². The zero-order valence-corrected chi connectivity index (χ0v) is 18.9. The van der Waals surface area contributed by atoms with Crippen molar-refractivity contribution >= 4 is 17.7 Å². The number of Topliss-reactive ketones (excluding diaryl/α,β-unsaturated/α-hetero) is 1. The van der Waals surface area contributed by atoms with E-state index < -0.39 is 70.5 Å². The zero-order valence-electron chi connectivity index (χ0n) is 18.9. The summed E-state index contributed by atoms with van der Waals surface area (Å²) in [4.78, 5) is 39.1. The third-order valence-corrected chi connectivity index (χ3v) is 9.26. The summed E-state index contributed by atoms with van der Waals surface area (Å²) >= 11 is 0. The standard InChI is InChI=1S/C23H32O9/c1-10(24)31-14-6-15-23(9-30-19(27)17(23)21(14,2)3)16-13(25)5-11-7-22(16,20(28)32-15)18(26)12(11)8-29-4/h11-17,19,25,27H,5-9H2,1-4H3. The van der Waals surface area contributed by atoms with Crippen LogP contribution in [0.1, 0.15) is 40.0 Å².